The van der Waals surface area contributed by atoms with E-state index in [1.165, 1.54) is 19.3 Å². The molecule has 0 aromatic heterocycles. The second kappa shape index (κ2) is 4.34. The third kappa shape index (κ3) is 2.06. The number of hydrogen-bond acceptors (Lipinski definition) is 1. The van der Waals surface area contributed by atoms with Crippen LogP contribution >= 0.6 is 11.6 Å². The Kier molecular flexibility index (Phi) is 2.83. The molecule has 1 aromatic rings. The first-order chi connectivity index (χ1) is 8.24. The molecule has 2 bridgehead atoms. The topological polar surface area (TPSA) is 29.1 Å². The standard InChI is InChI=1S/C14H16ClNO/c15-12-4-2-1-3-11(12)14(17)16-13-8-9-5-6-10(13)7-9/h1-4,9-10,13H,5-8H2,(H,16,17)/t9-,10-,13-/m0/s1. The van der Waals surface area contributed by atoms with Crippen LogP contribution in [0.3, 0.4) is 0 Å². The van der Waals surface area contributed by atoms with Gasteiger partial charge in [0, 0.05) is 6.04 Å². The Morgan fingerprint density at radius 2 is 2.06 bits per heavy atom. The molecule has 0 radical (unpaired) electrons. The van der Waals surface area contributed by atoms with Crippen LogP contribution in [0.4, 0.5) is 0 Å². The van der Waals surface area contributed by atoms with Gasteiger partial charge in [0.05, 0.1) is 10.6 Å². The largest absolute Gasteiger partial charge is 0.349 e. The van der Waals surface area contributed by atoms with E-state index in [2.05, 4.69) is 5.32 Å². The fourth-order valence-electron chi connectivity index (χ4n) is 3.31. The molecule has 2 aliphatic rings. The summed E-state index contributed by atoms with van der Waals surface area (Å²) in [6, 6.07) is 7.61. The first kappa shape index (κ1) is 11.1. The fraction of sp³-hybridized carbons (Fsp3) is 0.500. The molecule has 3 atom stereocenters. The van der Waals surface area contributed by atoms with Crippen LogP contribution in [0.5, 0.6) is 0 Å². The second-order valence-electron chi connectivity index (χ2n) is 5.23. The zero-order valence-corrected chi connectivity index (χ0v) is 10.4. The van der Waals surface area contributed by atoms with Crippen molar-refractivity contribution in [1.29, 1.82) is 0 Å². The molecule has 1 N–H and O–H groups in total. The zero-order chi connectivity index (χ0) is 11.8. The predicted molar refractivity (Wildman–Crippen MR) is 68.2 cm³/mol. The molecule has 2 nitrogen and oxygen atoms in total. The van der Waals surface area contributed by atoms with Gasteiger partial charge in [-0.1, -0.05) is 30.2 Å². The molecule has 1 amide bonds. The number of carbonyl (C=O) groups is 1. The molecule has 17 heavy (non-hydrogen) atoms. The average molecular weight is 250 g/mol. The normalized spacial score (nSPS) is 30.5. The Morgan fingerprint density at radius 1 is 1.24 bits per heavy atom. The number of benzene rings is 1. The van der Waals surface area contributed by atoms with Crippen LogP contribution in [0.2, 0.25) is 5.02 Å². The minimum Gasteiger partial charge on any atom is -0.349 e. The molecule has 3 rings (SSSR count). The Labute approximate surface area is 106 Å². The number of amides is 1. The highest BCUT2D eigenvalue weighted by Gasteiger charge is 2.40. The van der Waals surface area contributed by atoms with Gasteiger partial charge in [-0.2, -0.15) is 0 Å². The third-order valence-corrected chi connectivity index (χ3v) is 4.50. The molecule has 1 aromatic carbocycles. The Bertz CT molecular complexity index is 446. The van der Waals surface area contributed by atoms with Crippen LogP contribution in [0.1, 0.15) is 36.0 Å². The summed E-state index contributed by atoms with van der Waals surface area (Å²) in [7, 11) is 0. The summed E-state index contributed by atoms with van der Waals surface area (Å²) in [5, 5.41) is 3.68. The highest BCUT2D eigenvalue weighted by atomic mass is 35.5. The monoisotopic (exact) mass is 249 g/mol. The molecular formula is C14H16ClNO. The second-order valence-corrected chi connectivity index (χ2v) is 5.64. The average Bonchev–Trinajstić information content (AvgIpc) is 2.91. The van der Waals surface area contributed by atoms with Gasteiger partial charge in [-0.15, -0.1) is 0 Å². The van der Waals surface area contributed by atoms with Gasteiger partial charge >= 0.3 is 0 Å². The van der Waals surface area contributed by atoms with E-state index in [1.807, 2.05) is 12.1 Å². The molecule has 0 saturated heterocycles. The minimum atomic E-state index is -0.0202. The van der Waals surface area contributed by atoms with Crippen molar-refractivity contribution in [2.24, 2.45) is 11.8 Å². The summed E-state index contributed by atoms with van der Waals surface area (Å²) >= 11 is 6.02. The molecule has 0 unspecified atom stereocenters. The molecule has 3 heteroatoms. The number of halogens is 1. The Morgan fingerprint density at radius 3 is 2.71 bits per heavy atom. The molecular weight excluding hydrogens is 234 g/mol. The minimum absolute atomic E-state index is 0.0202. The van der Waals surface area contributed by atoms with Crippen molar-refractivity contribution >= 4 is 17.5 Å². The van der Waals surface area contributed by atoms with Crippen molar-refractivity contribution in [3.8, 4) is 0 Å². The summed E-state index contributed by atoms with van der Waals surface area (Å²) in [4.78, 5) is 12.1. The number of hydrogen-bond donors (Lipinski definition) is 1. The molecule has 90 valence electrons. The number of rotatable bonds is 2. The van der Waals surface area contributed by atoms with Gasteiger partial charge in [0.25, 0.3) is 5.91 Å². The first-order valence-electron chi connectivity index (χ1n) is 6.29. The highest BCUT2D eigenvalue weighted by molar-refractivity contribution is 6.33. The van der Waals surface area contributed by atoms with E-state index in [9.17, 15) is 4.79 Å². The molecule has 0 heterocycles. The fourth-order valence-corrected chi connectivity index (χ4v) is 3.53. The summed E-state index contributed by atoms with van der Waals surface area (Å²) in [6.45, 7) is 0. The number of fused-ring (bicyclic) bond motifs is 2. The SMILES string of the molecule is O=C(N[C@H]1C[C@H]2CC[C@H]1C2)c1ccccc1Cl. The van der Waals surface area contributed by atoms with Crippen molar-refractivity contribution in [1.82, 2.24) is 5.32 Å². The van der Waals surface area contributed by atoms with Gasteiger partial charge in [0.15, 0.2) is 0 Å². The van der Waals surface area contributed by atoms with Gasteiger partial charge in [-0.05, 0) is 43.2 Å². The van der Waals surface area contributed by atoms with Crippen LogP contribution < -0.4 is 5.32 Å². The molecule has 0 aliphatic heterocycles. The lowest BCUT2D eigenvalue weighted by molar-refractivity contribution is 0.0923. The van der Waals surface area contributed by atoms with Crippen LogP contribution in [0.25, 0.3) is 0 Å². The maximum Gasteiger partial charge on any atom is 0.253 e. The van der Waals surface area contributed by atoms with E-state index >= 15 is 0 Å². The third-order valence-electron chi connectivity index (χ3n) is 4.17. The predicted octanol–water partition coefficient (Wildman–Crippen LogP) is 3.26. The summed E-state index contributed by atoms with van der Waals surface area (Å²) in [5.41, 5.74) is 0.594. The van der Waals surface area contributed by atoms with E-state index in [0.717, 1.165) is 12.3 Å². The van der Waals surface area contributed by atoms with E-state index in [4.69, 9.17) is 11.6 Å². The maximum absolute atomic E-state index is 12.1. The lowest BCUT2D eigenvalue weighted by atomic mass is 9.95. The number of carbonyl (C=O) groups excluding carboxylic acids is 1. The molecule has 2 saturated carbocycles. The summed E-state index contributed by atoms with van der Waals surface area (Å²) in [6.07, 6.45) is 5.08. The van der Waals surface area contributed by atoms with E-state index < -0.39 is 0 Å². The Hall–Kier alpha value is -1.02. The van der Waals surface area contributed by atoms with Crippen LogP contribution in [0, 0.1) is 11.8 Å². The lowest BCUT2D eigenvalue weighted by Gasteiger charge is -2.23. The molecule has 2 fully saturated rings. The van der Waals surface area contributed by atoms with Gasteiger partial charge in [0.1, 0.15) is 0 Å². The summed E-state index contributed by atoms with van der Waals surface area (Å²) < 4.78 is 0. The lowest BCUT2D eigenvalue weighted by Crippen LogP contribution is -2.38. The van der Waals surface area contributed by atoms with Crippen molar-refractivity contribution in [3.63, 3.8) is 0 Å². The van der Waals surface area contributed by atoms with Gasteiger partial charge in [-0.25, -0.2) is 0 Å². The van der Waals surface area contributed by atoms with Crippen molar-refractivity contribution in [3.05, 3.63) is 34.9 Å². The van der Waals surface area contributed by atoms with Crippen molar-refractivity contribution in [2.45, 2.75) is 31.7 Å². The smallest absolute Gasteiger partial charge is 0.253 e. The summed E-state index contributed by atoms with van der Waals surface area (Å²) in [5.74, 6) is 1.52. The van der Waals surface area contributed by atoms with E-state index in [-0.39, 0.29) is 5.91 Å². The molecule has 0 spiro atoms. The van der Waals surface area contributed by atoms with Crippen LogP contribution in [0.15, 0.2) is 24.3 Å². The van der Waals surface area contributed by atoms with Crippen molar-refractivity contribution < 1.29 is 4.79 Å². The maximum atomic E-state index is 12.1. The number of nitrogens with one attached hydrogen (secondary N) is 1. The quantitative estimate of drug-likeness (QED) is 0.857. The first-order valence-corrected chi connectivity index (χ1v) is 6.67. The van der Waals surface area contributed by atoms with E-state index in [0.29, 0.717) is 22.5 Å². The van der Waals surface area contributed by atoms with Gasteiger partial charge in [0.2, 0.25) is 0 Å². The van der Waals surface area contributed by atoms with E-state index in [1.54, 1.807) is 12.1 Å². The molecule has 2 aliphatic carbocycles. The highest BCUT2D eigenvalue weighted by Crippen LogP contribution is 2.44. The van der Waals surface area contributed by atoms with Gasteiger partial charge in [-0.3, -0.25) is 4.79 Å². The Balaban J connectivity index is 1.70. The zero-order valence-electron chi connectivity index (χ0n) is 9.66. The van der Waals surface area contributed by atoms with Crippen LogP contribution in [-0.4, -0.2) is 11.9 Å². The van der Waals surface area contributed by atoms with Gasteiger partial charge < -0.3 is 5.32 Å². The van der Waals surface area contributed by atoms with Crippen molar-refractivity contribution in [2.75, 3.05) is 0 Å². The van der Waals surface area contributed by atoms with Crippen LogP contribution in [-0.2, 0) is 0 Å².